The zero-order valence-electron chi connectivity index (χ0n) is 12.3. The molecule has 7 nitrogen and oxygen atoms in total. The average Bonchev–Trinajstić information content (AvgIpc) is 2.54. The van der Waals surface area contributed by atoms with Crippen molar-refractivity contribution in [3.8, 4) is 11.5 Å². The molecule has 0 radical (unpaired) electrons. The lowest BCUT2D eigenvalue weighted by molar-refractivity contribution is 0.0952. The van der Waals surface area contributed by atoms with Crippen LogP contribution in [-0.4, -0.2) is 27.7 Å². The highest BCUT2D eigenvalue weighted by Gasteiger charge is 2.09. The summed E-state index contributed by atoms with van der Waals surface area (Å²) in [5.74, 6) is -1.16. The zero-order chi connectivity index (χ0) is 17.0. The minimum absolute atomic E-state index is 0.0271. The maximum absolute atomic E-state index is 12.0. The van der Waals surface area contributed by atoms with Crippen LogP contribution >= 0.6 is 0 Å². The van der Waals surface area contributed by atoms with E-state index in [1.54, 1.807) is 6.92 Å². The van der Waals surface area contributed by atoms with Crippen LogP contribution in [0.15, 0.2) is 47.6 Å². The van der Waals surface area contributed by atoms with Crippen molar-refractivity contribution in [2.45, 2.75) is 6.92 Å². The molecular formula is C16H15N3O4. The fraction of sp³-hybridized carbons (Fsp3) is 0.0625. The van der Waals surface area contributed by atoms with Gasteiger partial charge in [0.1, 0.15) is 11.5 Å². The Morgan fingerprint density at radius 1 is 1.04 bits per heavy atom. The van der Waals surface area contributed by atoms with Gasteiger partial charge in [0, 0.05) is 16.7 Å². The third kappa shape index (κ3) is 3.85. The SMILES string of the molecule is C/C(=N/NC(=O)c1ccc(C(N)=O)cc1)c1cc(O)ccc1O. The first-order chi connectivity index (χ1) is 10.9. The van der Waals surface area contributed by atoms with Crippen molar-refractivity contribution in [3.63, 3.8) is 0 Å². The third-order valence-corrected chi connectivity index (χ3v) is 3.13. The smallest absolute Gasteiger partial charge is 0.271 e. The van der Waals surface area contributed by atoms with Gasteiger partial charge >= 0.3 is 0 Å². The van der Waals surface area contributed by atoms with Crippen molar-refractivity contribution in [3.05, 3.63) is 59.2 Å². The van der Waals surface area contributed by atoms with Gasteiger partial charge in [0.2, 0.25) is 5.91 Å². The van der Waals surface area contributed by atoms with E-state index in [2.05, 4.69) is 10.5 Å². The monoisotopic (exact) mass is 313 g/mol. The second-order valence-corrected chi connectivity index (χ2v) is 4.78. The second kappa shape index (κ2) is 6.61. The van der Waals surface area contributed by atoms with E-state index in [4.69, 9.17) is 5.73 Å². The number of carbonyl (C=O) groups is 2. The van der Waals surface area contributed by atoms with E-state index >= 15 is 0 Å². The Morgan fingerprint density at radius 3 is 2.26 bits per heavy atom. The number of nitrogens with one attached hydrogen (secondary N) is 1. The summed E-state index contributed by atoms with van der Waals surface area (Å²) in [4.78, 5) is 22.9. The van der Waals surface area contributed by atoms with E-state index < -0.39 is 11.8 Å². The molecule has 2 aromatic rings. The number of carbonyl (C=O) groups excluding carboxylic acids is 2. The number of nitrogens with two attached hydrogens (primary N) is 1. The number of nitrogens with zero attached hydrogens (tertiary/aromatic N) is 1. The molecule has 2 aromatic carbocycles. The number of hydrogen-bond acceptors (Lipinski definition) is 5. The maximum atomic E-state index is 12.0. The van der Waals surface area contributed by atoms with Gasteiger partial charge < -0.3 is 15.9 Å². The summed E-state index contributed by atoms with van der Waals surface area (Å²) in [6.07, 6.45) is 0. The van der Waals surface area contributed by atoms with Gasteiger partial charge in [-0.3, -0.25) is 9.59 Å². The van der Waals surface area contributed by atoms with Crippen molar-refractivity contribution in [2.24, 2.45) is 10.8 Å². The Bertz CT molecular complexity index is 782. The van der Waals surface area contributed by atoms with E-state index in [1.807, 2.05) is 0 Å². The second-order valence-electron chi connectivity index (χ2n) is 4.78. The molecule has 0 aliphatic carbocycles. The molecule has 0 fully saturated rings. The first kappa shape index (κ1) is 16.0. The van der Waals surface area contributed by atoms with Crippen molar-refractivity contribution in [2.75, 3.05) is 0 Å². The quantitative estimate of drug-likeness (QED) is 0.386. The summed E-state index contributed by atoms with van der Waals surface area (Å²) >= 11 is 0. The Hall–Kier alpha value is -3.35. The molecule has 0 atom stereocenters. The summed E-state index contributed by atoms with van der Waals surface area (Å²) in [5, 5.41) is 23.0. The van der Waals surface area contributed by atoms with Crippen LogP contribution in [0.2, 0.25) is 0 Å². The molecule has 0 heterocycles. The van der Waals surface area contributed by atoms with Gasteiger partial charge in [-0.25, -0.2) is 5.43 Å². The Balaban J connectivity index is 2.13. The number of phenols is 2. The molecule has 2 rings (SSSR count). The van der Waals surface area contributed by atoms with Crippen molar-refractivity contribution in [1.29, 1.82) is 0 Å². The average molecular weight is 313 g/mol. The van der Waals surface area contributed by atoms with Crippen LogP contribution in [0, 0.1) is 0 Å². The number of phenolic OH excluding ortho intramolecular Hbond substituents is 2. The molecule has 0 bridgehead atoms. The molecule has 0 aromatic heterocycles. The van der Waals surface area contributed by atoms with Crippen LogP contribution in [0.1, 0.15) is 33.2 Å². The number of primary amides is 1. The summed E-state index contributed by atoms with van der Waals surface area (Å²) in [5.41, 5.74) is 8.67. The van der Waals surface area contributed by atoms with E-state index in [9.17, 15) is 19.8 Å². The molecule has 0 unspecified atom stereocenters. The van der Waals surface area contributed by atoms with Crippen LogP contribution < -0.4 is 11.2 Å². The zero-order valence-corrected chi connectivity index (χ0v) is 12.3. The predicted molar refractivity (Wildman–Crippen MR) is 84.4 cm³/mol. The highest BCUT2D eigenvalue weighted by atomic mass is 16.3. The number of amides is 2. The van der Waals surface area contributed by atoms with Gasteiger partial charge in [0.05, 0.1) is 5.71 Å². The molecule has 0 aliphatic heterocycles. The summed E-state index contributed by atoms with van der Waals surface area (Å²) in [6.45, 7) is 1.57. The standard InChI is InChI=1S/C16H15N3O4/c1-9(13-8-12(20)6-7-14(13)21)18-19-16(23)11-4-2-10(3-5-11)15(17)22/h2-8,20-21H,1H3,(H2,17,22)(H,19,23)/b18-9-. The highest BCUT2D eigenvalue weighted by Crippen LogP contribution is 2.22. The van der Waals surface area contributed by atoms with Gasteiger partial charge in [0.15, 0.2) is 0 Å². The molecular weight excluding hydrogens is 298 g/mol. The van der Waals surface area contributed by atoms with Gasteiger partial charge in [-0.2, -0.15) is 5.10 Å². The minimum atomic E-state index is -0.579. The fourth-order valence-electron chi connectivity index (χ4n) is 1.86. The largest absolute Gasteiger partial charge is 0.508 e. The minimum Gasteiger partial charge on any atom is -0.508 e. The highest BCUT2D eigenvalue weighted by molar-refractivity contribution is 6.03. The van der Waals surface area contributed by atoms with Crippen molar-refractivity contribution >= 4 is 17.5 Å². The number of rotatable bonds is 4. The molecule has 7 heteroatoms. The van der Waals surface area contributed by atoms with Crippen LogP contribution in [0.5, 0.6) is 11.5 Å². The molecule has 0 saturated carbocycles. The first-order valence-corrected chi connectivity index (χ1v) is 6.65. The maximum Gasteiger partial charge on any atom is 0.271 e. The molecule has 0 spiro atoms. The van der Waals surface area contributed by atoms with Crippen LogP contribution in [0.4, 0.5) is 0 Å². The number of hydrogen-bond donors (Lipinski definition) is 4. The lowest BCUT2D eigenvalue weighted by Gasteiger charge is -2.06. The topological polar surface area (TPSA) is 125 Å². The number of hydrazone groups is 1. The molecule has 2 amide bonds. The molecule has 0 aliphatic rings. The summed E-state index contributed by atoms with van der Waals surface area (Å²) in [7, 11) is 0. The Kier molecular flexibility index (Phi) is 4.61. The van der Waals surface area contributed by atoms with Gasteiger partial charge in [-0.15, -0.1) is 0 Å². The fourth-order valence-corrected chi connectivity index (χ4v) is 1.86. The Labute approximate surface area is 132 Å². The van der Waals surface area contributed by atoms with Crippen molar-refractivity contribution in [1.82, 2.24) is 5.43 Å². The van der Waals surface area contributed by atoms with E-state index in [1.165, 1.54) is 42.5 Å². The van der Waals surface area contributed by atoms with E-state index in [-0.39, 0.29) is 11.5 Å². The van der Waals surface area contributed by atoms with Gasteiger partial charge in [-0.1, -0.05) is 0 Å². The first-order valence-electron chi connectivity index (χ1n) is 6.65. The lowest BCUT2D eigenvalue weighted by Crippen LogP contribution is -2.19. The van der Waals surface area contributed by atoms with Crippen molar-refractivity contribution < 1.29 is 19.8 Å². The lowest BCUT2D eigenvalue weighted by atomic mass is 10.1. The van der Waals surface area contributed by atoms with Crippen LogP contribution in [0.3, 0.4) is 0 Å². The molecule has 5 N–H and O–H groups in total. The van der Waals surface area contributed by atoms with Gasteiger partial charge in [0.25, 0.3) is 5.91 Å². The number of benzene rings is 2. The van der Waals surface area contributed by atoms with Crippen LogP contribution in [0.25, 0.3) is 0 Å². The van der Waals surface area contributed by atoms with Crippen LogP contribution in [-0.2, 0) is 0 Å². The number of aromatic hydroxyl groups is 2. The molecule has 118 valence electrons. The van der Waals surface area contributed by atoms with Gasteiger partial charge in [-0.05, 0) is 49.4 Å². The molecule has 23 heavy (non-hydrogen) atoms. The summed E-state index contributed by atoms with van der Waals surface area (Å²) < 4.78 is 0. The Morgan fingerprint density at radius 2 is 1.65 bits per heavy atom. The van der Waals surface area contributed by atoms with E-state index in [0.29, 0.717) is 22.4 Å². The molecule has 0 saturated heterocycles. The normalized spacial score (nSPS) is 11.1. The summed E-state index contributed by atoms with van der Waals surface area (Å²) in [6, 6.07) is 9.78. The third-order valence-electron chi connectivity index (χ3n) is 3.13. The van der Waals surface area contributed by atoms with E-state index in [0.717, 1.165) is 0 Å². The predicted octanol–water partition coefficient (Wildman–Crippen LogP) is 1.35.